The molecule has 124 valence electrons. The van der Waals surface area contributed by atoms with Gasteiger partial charge in [0, 0.05) is 16.7 Å². The van der Waals surface area contributed by atoms with E-state index in [1.807, 2.05) is 0 Å². The third kappa shape index (κ3) is 1.86. The number of anilines is 1. The number of imide groups is 1. The summed E-state index contributed by atoms with van der Waals surface area (Å²) in [5.41, 5.74) is 0.544. The van der Waals surface area contributed by atoms with Crippen LogP contribution in [0.3, 0.4) is 0 Å². The van der Waals surface area contributed by atoms with Crippen LogP contribution >= 0.6 is 0 Å². The van der Waals surface area contributed by atoms with E-state index in [4.69, 9.17) is 4.74 Å². The number of hydrogen-bond donors (Lipinski definition) is 0. The van der Waals surface area contributed by atoms with E-state index in [9.17, 15) is 14.4 Å². The van der Waals surface area contributed by atoms with Crippen molar-refractivity contribution in [2.75, 3.05) is 4.90 Å². The predicted molar refractivity (Wildman–Crippen MR) is 90.8 cm³/mol. The maximum Gasteiger partial charge on any atom is 0.335 e. The van der Waals surface area contributed by atoms with Crippen molar-refractivity contribution in [2.24, 2.45) is 0 Å². The number of carbonyl (C=O) groups is 3. The standard InChI is InChI=1S/C20H15NO4/c1-12-13(2)20(25-18(12)23)16-11-7-6-10-15(16)17(22)21(19(20)24)14-8-4-3-5-9-14/h3-11H,1-2H3. The second-order valence-corrected chi connectivity index (χ2v) is 6.15. The smallest absolute Gasteiger partial charge is 0.335 e. The summed E-state index contributed by atoms with van der Waals surface area (Å²) in [5.74, 6) is -1.53. The third-order valence-electron chi connectivity index (χ3n) is 4.90. The van der Waals surface area contributed by atoms with E-state index in [1.54, 1.807) is 68.4 Å². The van der Waals surface area contributed by atoms with Gasteiger partial charge in [0.25, 0.3) is 11.8 Å². The molecule has 0 aromatic heterocycles. The van der Waals surface area contributed by atoms with Crippen molar-refractivity contribution < 1.29 is 19.1 Å². The molecule has 25 heavy (non-hydrogen) atoms. The first-order chi connectivity index (χ1) is 12.0. The van der Waals surface area contributed by atoms with Gasteiger partial charge in [-0.1, -0.05) is 36.4 Å². The molecule has 0 saturated carbocycles. The highest BCUT2D eigenvalue weighted by molar-refractivity contribution is 6.28. The Morgan fingerprint density at radius 2 is 1.52 bits per heavy atom. The van der Waals surface area contributed by atoms with Crippen LogP contribution in [0.4, 0.5) is 5.69 Å². The highest BCUT2D eigenvalue weighted by Crippen LogP contribution is 2.47. The molecule has 0 bridgehead atoms. The maximum absolute atomic E-state index is 13.4. The van der Waals surface area contributed by atoms with E-state index in [1.165, 1.54) is 0 Å². The molecule has 2 aliphatic rings. The summed E-state index contributed by atoms with van der Waals surface area (Å²) in [6, 6.07) is 15.4. The first-order valence-corrected chi connectivity index (χ1v) is 7.93. The van der Waals surface area contributed by atoms with Crippen LogP contribution in [-0.2, 0) is 19.9 Å². The second kappa shape index (κ2) is 5.14. The molecular formula is C20H15NO4. The van der Waals surface area contributed by atoms with Crippen LogP contribution < -0.4 is 4.90 Å². The van der Waals surface area contributed by atoms with E-state index in [2.05, 4.69) is 0 Å². The van der Waals surface area contributed by atoms with Gasteiger partial charge in [-0.25, -0.2) is 9.69 Å². The van der Waals surface area contributed by atoms with Crippen LogP contribution in [-0.4, -0.2) is 17.8 Å². The topological polar surface area (TPSA) is 63.7 Å². The zero-order chi connectivity index (χ0) is 17.8. The van der Waals surface area contributed by atoms with Gasteiger partial charge in [0.15, 0.2) is 0 Å². The van der Waals surface area contributed by atoms with Crippen LogP contribution in [0, 0.1) is 0 Å². The van der Waals surface area contributed by atoms with Crippen LogP contribution in [0.25, 0.3) is 0 Å². The van der Waals surface area contributed by atoms with Gasteiger partial charge in [0.05, 0.1) is 5.69 Å². The summed E-state index contributed by atoms with van der Waals surface area (Å²) in [6.45, 7) is 3.33. The average molecular weight is 333 g/mol. The zero-order valence-electron chi connectivity index (χ0n) is 13.8. The highest BCUT2D eigenvalue weighted by atomic mass is 16.6. The molecule has 2 heterocycles. The summed E-state index contributed by atoms with van der Waals surface area (Å²) in [7, 11) is 0. The summed E-state index contributed by atoms with van der Waals surface area (Å²) in [6.07, 6.45) is 0. The van der Waals surface area contributed by atoms with E-state index in [0.29, 0.717) is 28.0 Å². The summed E-state index contributed by atoms with van der Waals surface area (Å²) >= 11 is 0. The minimum atomic E-state index is -1.58. The SMILES string of the molecule is CC1=C(C)C2(OC1=O)C(=O)N(c1ccccc1)C(=O)c1ccccc12. The first kappa shape index (κ1) is 15.3. The van der Waals surface area contributed by atoms with Crippen LogP contribution in [0.15, 0.2) is 65.7 Å². The fraction of sp³-hybridized carbons (Fsp3) is 0.150. The van der Waals surface area contributed by atoms with E-state index < -0.39 is 23.4 Å². The molecule has 0 aliphatic carbocycles. The number of esters is 1. The minimum absolute atomic E-state index is 0.354. The number of rotatable bonds is 1. The lowest BCUT2D eigenvalue weighted by molar-refractivity contribution is -0.157. The highest BCUT2D eigenvalue weighted by Gasteiger charge is 2.59. The number of ether oxygens (including phenoxy) is 1. The van der Waals surface area contributed by atoms with E-state index in [0.717, 1.165) is 4.90 Å². The Kier molecular flexibility index (Phi) is 3.15. The first-order valence-electron chi connectivity index (χ1n) is 7.93. The Bertz CT molecular complexity index is 961. The molecule has 0 radical (unpaired) electrons. The van der Waals surface area contributed by atoms with Gasteiger partial charge < -0.3 is 4.74 Å². The Labute approximate surface area is 144 Å². The van der Waals surface area contributed by atoms with E-state index >= 15 is 0 Å². The van der Waals surface area contributed by atoms with Crippen molar-refractivity contribution >= 4 is 23.5 Å². The Balaban J connectivity index is 2.03. The molecule has 0 N–H and O–H groups in total. The van der Waals surface area contributed by atoms with Crippen molar-refractivity contribution in [3.63, 3.8) is 0 Å². The molecular weight excluding hydrogens is 318 g/mol. The number of hydrogen-bond acceptors (Lipinski definition) is 4. The summed E-state index contributed by atoms with van der Waals surface area (Å²) in [5, 5.41) is 0. The minimum Gasteiger partial charge on any atom is -0.436 e. The molecule has 2 aliphatic heterocycles. The fourth-order valence-corrected chi connectivity index (χ4v) is 3.44. The van der Waals surface area contributed by atoms with Gasteiger partial charge in [0.2, 0.25) is 5.60 Å². The second-order valence-electron chi connectivity index (χ2n) is 6.15. The van der Waals surface area contributed by atoms with Gasteiger partial charge in [-0.2, -0.15) is 0 Å². The monoisotopic (exact) mass is 333 g/mol. The molecule has 1 atom stereocenters. The van der Waals surface area contributed by atoms with E-state index in [-0.39, 0.29) is 0 Å². The number of fused-ring (bicyclic) bond motifs is 2. The number of amides is 2. The Morgan fingerprint density at radius 1 is 0.880 bits per heavy atom. The molecule has 1 unspecified atom stereocenters. The van der Waals surface area contributed by atoms with Crippen molar-refractivity contribution in [1.82, 2.24) is 0 Å². The van der Waals surface area contributed by atoms with Crippen molar-refractivity contribution in [2.45, 2.75) is 19.4 Å². The molecule has 4 rings (SSSR count). The van der Waals surface area contributed by atoms with Gasteiger partial charge in [0.1, 0.15) is 0 Å². The normalized spacial score (nSPS) is 22.5. The molecule has 1 spiro atoms. The lowest BCUT2D eigenvalue weighted by Gasteiger charge is -2.39. The molecule has 5 nitrogen and oxygen atoms in total. The molecule has 2 aromatic rings. The van der Waals surface area contributed by atoms with Crippen molar-refractivity contribution in [3.8, 4) is 0 Å². The molecule has 5 heteroatoms. The summed E-state index contributed by atoms with van der Waals surface area (Å²) in [4.78, 5) is 39.7. The molecule has 2 amide bonds. The summed E-state index contributed by atoms with van der Waals surface area (Å²) < 4.78 is 5.60. The number of para-hydroxylation sites is 1. The predicted octanol–water partition coefficient (Wildman–Crippen LogP) is 2.96. The maximum atomic E-state index is 13.4. The Hall–Kier alpha value is -3.21. The van der Waals surface area contributed by atoms with Gasteiger partial charge in [-0.15, -0.1) is 0 Å². The molecule has 0 fully saturated rings. The van der Waals surface area contributed by atoms with Crippen LogP contribution in [0.1, 0.15) is 29.8 Å². The lowest BCUT2D eigenvalue weighted by Crippen LogP contribution is -2.55. The Morgan fingerprint density at radius 3 is 2.16 bits per heavy atom. The van der Waals surface area contributed by atoms with Crippen LogP contribution in [0.2, 0.25) is 0 Å². The quantitative estimate of drug-likeness (QED) is 0.594. The zero-order valence-corrected chi connectivity index (χ0v) is 13.8. The van der Waals surface area contributed by atoms with Crippen molar-refractivity contribution in [3.05, 3.63) is 76.9 Å². The largest absolute Gasteiger partial charge is 0.436 e. The number of carbonyl (C=O) groups excluding carboxylic acids is 3. The van der Waals surface area contributed by atoms with Crippen LogP contribution in [0.5, 0.6) is 0 Å². The van der Waals surface area contributed by atoms with Gasteiger partial charge in [-0.3, -0.25) is 9.59 Å². The number of nitrogens with zero attached hydrogens (tertiary/aromatic N) is 1. The third-order valence-corrected chi connectivity index (χ3v) is 4.90. The fourth-order valence-electron chi connectivity index (χ4n) is 3.44. The van der Waals surface area contributed by atoms with Crippen molar-refractivity contribution in [1.29, 1.82) is 0 Å². The van der Waals surface area contributed by atoms with Gasteiger partial charge in [-0.05, 0) is 37.6 Å². The lowest BCUT2D eigenvalue weighted by atomic mass is 9.79. The molecule has 0 saturated heterocycles. The average Bonchev–Trinajstić information content (AvgIpc) is 2.86. The van der Waals surface area contributed by atoms with Gasteiger partial charge >= 0.3 is 5.97 Å². The molecule has 2 aromatic carbocycles. The number of benzene rings is 2.